The molecule has 8 heteroatoms. The SMILES string of the molecule is CC(C)(C)C(=O)OCn1cnc2[nH]c(=O)[nH]c(=O)c21. The maximum absolute atomic E-state index is 11.6. The van der Waals surface area contributed by atoms with Crippen LogP contribution in [0.1, 0.15) is 20.8 Å². The van der Waals surface area contributed by atoms with Crippen LogP contribution in [0.25, 0.3) is 11.2 Å². The van der Waals surface area contributed by atoms with Crippen LogP contribution in [0.3, 0.4) is 0 Å². The van der Waals surface area contributed by atoms with E-state index >= 15 is 0 Å². The molecule has 0 amide bonds. The van der Waals surface area contributed by atoms with Crippen LogP contribution in [0.4, 0.5) is 0 Å². The second-order valence-corrected chi connectivity index (χ2v) is 5.13. The molecule has 0 saturated carbocycles. The first-order valence-corrected chi connectivity index (χ1v) is 5.64. The first-order valence-electron chi connectivity index (χ1n) is 5.64. The monoisotopic (exact) mass is 266 g/mol. The van der Waals surface area contributed by atoms with Crippen LogP contribution >= 0.6 is 0 Å². The van der Waals surface area contributed by atoms with E-state index in [0.29, 0.717) is 0 Å². The van der Waals surface area contributed by atoms with Gasteiger partial charge in [-0.3, -0.25) is 24.1 Å². The lowest BCUT2D eigenvalue weighted by Gasteiger charge is -2.16. The summed E-state index contributed by atoms with van der Waals surface area (Å²) in [5, 5.41) is 0. The Bertz CT molecular complexity index is 731. The zero-order valence-electron chi connectivity index (χ0n) is 10.8. The lowest BCUT2D eigenvalue weighted by molar-refractivity contribution is -0.156. The maximum Gasteiger partial charge on any atom is 0.327 e. The minimum absolute atomic E-state index is 0.137. The van der Waals surface area contributed by atoms with Gasteiger partial charge in [-0.15, -0.1) is 0 Å². The predicted octanol–water partition coefficient (Wildman–Crippen LogP) is -0.0403. The third-order valence-corrected chi connectivity index (χ3v) is 2.46. The van der Waals surface area contributed by atoms with E-state index in [4.69, 9.17) is 4.74 Å². The molecule has 0 unspecified atom stereocenters. The molecule has 0 aliphatic rings. The van der Waals surface area contributed by atoms with E-state index in [-0.39, 0.29) is 17.9 Å². The number of esters is 1. The summed E-state index contributed by atoms with van der Waals surface area (Å²) in [6.45, 7) is 5.05. The van der Waals surface area contributed by atoms with Crippen molar-refractivity contribution in [3.63, 3.8) is 0 Å². The van der Waals surface area contributed by atoms with Crippen molar-refractivity contribution in [1.29, 1.82) is 0 Å². The molecule has 0 spiro atoms. The van der Waals surface area contributed by atoms with E-state index in [9.17, 15) is 14.4 Å². The summed E-state index contributed by atoms with van der Waals surface area (Å²) in [5.41, 5.74) is -1.53. The fraction of sp³-hybridized carbons (Fsp3) is 0.455. The Morgan fingerprint density at radius 3 is 2.68 bits per heavy atom. The van der Waals surface area contributed by atoms with Gasteiger partial charge in [-0.2, -0.15) is 0 Å². The highest BCUT2D eigenvalue weighted by atomic mass is 16.5. The number of hydrogen-bond acceptors (Lipinski definition) is 5. The van der Waals surface area contributed by atoms with Crippen LogP contribution in [0.2, 0.25) is 0 Å². The summed E-state index contributed by atoms with van der Waals surface area (Å²) in [6.07, 6.45) is 1.33. The van der Waals surface area contributed by atoms with E-state index in [1.807, 2.05) is 0 Å². The number of aromatic amines is 2. The molecule has 0 aliphatic carbocycles. The molecular weight excluding hydrogens is 252 g/mol. The van der Waals surface area contributed by atoms with Crippen molar-refractivity contribution < 1.29 is 9.53 Å². The number of nitrogens with one attached hydrogen (secondary N) is 2. The third-order valence-electron chi connectivity index (χ3n) is 2.46. The first kappa shape index (κ1) is 13.1. The highest BCUT2D eigenvalue weighted by Gasteiger charge is 2.23. The summed E-state index contributed by atoms with van der Waals surface area (Å²) in [7, 11) is 0. The highest BCUT2D eigenvalue weighted by Crippen LogP contribution is 2.15. The van der Waals surface area contributed by atoms with Crippen LogP contribution < -0.4 is 11.2 Å². The summed E-state index contributed by atoms with van der Waals surface area (Å²) < 4.78 is 6.44. The zero-order valence-corrected chi connectivity index (χ0v) is 10.8. The smallest absolute Gasteiger partial charge is 0.327 e. The number of aromatic nitrogens is 4. The van der Waals surface area contributed by atoms with Gasteiger partial charge in [0.2, 0.25) is 0 Å². The largest absolute Gasteiger partial charge is 0.443 e. The number of carbonyl (C=O) groups excluding carboxylic acids is 1. The Kier molecular flexibility index (Phi) is 3.01. The number of ether oxygens (including phenoxy) is 1. The Balaban J connectivity index is 2.30. The number of rotatable bonds is 2. The quantitative estimate of drug-likeness (QED) is 0.741. The molecule has 0 atom stereocenters. The molecule has 19 heavy (non-hydrogen) atoms. The molecule has 0 radical (unpaired) electrons. The fourth-order valence-corrected chi connectivity index (χ4v) is 1.46. The van der Waals surface area contributed by atoms with Crippen molar-refractivity contribution in [2.75, 3.05) is 0 Å². The standard InChI is InChI=1S/C11H14N4O4/c1-11(2,3)9(17)19-5-15-4-12-7-6(15)8(16)14-10(18)13-7/h4H,5H2,1-3H3,(H2,13,14,16,18). The Morgan fingerprint density at radius 2 is 2.05 bits per heavy atom. The van der Waals surface area contributed by atoms with Gasteiger partial charge in [0.1, 0.15) is 6.33 Å². The number of carbonyl (C=O) groups is 1. The van der Waals surface area contributed by atoms with Crippen LogP contribution in [-0.4, -0.2) is 25.5 Å². The van der Waals surface area contributed by atoms with Crippen molar-refractivity contribution >= 4 is 17.1 Å². The second-order valence-electron chi connectivity index (χ2n) is 5.13. The number of H-pyrrole nitrogens is 2. The van der Waals surface area contributed by atoms with Gasteiger partial charge in [-0.25, -0.2) is 9.78 Å². The number of imidazole rings is 1. The molecule has 0 aromatic carbocycles. The maximum atomic E-state index is 11.6. The molecule has 2 heterocycles. The van der Waals surface area contributed by atoms with Gasteiger partial charge in [-0.05, 0) is 20.8 Å². The second kappa shape index (κ2) is 4.38. The molecule has 8 nitrogen and oxygen atoms in total. The molecule has 0 bridgehead atoms. The van der Waals surface area contributed by atoms with Crippen molar-refractivity contribution in [2.45, 2.75) is 27.5 Å². The van der Waals surface area contributed by atoms with Crippen molar-refractivity contribution in [3.05, 3.63) is 27.2 Å². The van der Waals surface area contributed by atoms with Crippen LogP contribution in [0, 0.1) is 5.41 Å². The summed E-state index contributed by atoms with van der Waals surface area (Å²) >= 11 is 0. The number of hydrogen-bond donors (Lipinski definition) is 2. The van der Waals surface area contributed by atoms with E-state index in [0.717, 1.165) is 0 Å². The molecule has 2 N–H and O–H groups in total. The van der Waals surface area contributed by atoms with Crippen molar-refractivity contribution in [3.8, 4) is 0 Å². The predicted molar refractivity (Wildman–Crippen MR) is 66.5 cm³/mol. The fourth-order valence-electron chi connectivity index (χ4n) is 1.46. The van der Waals surface area contributed by atoms with Gasteiger partial charge >= 0.3 is 11.7 Å². The minimum atomic E-state index is -0.630. The Morgan fingerprint density at radius 1 is 1.37 bits per heavy atom. The molecular formula is C11H14N4O4. The summed E-state index contributed by atoms with van der Waals surface area (Å²) in [4.78, 5) is 42.7. The summed E-state index contributed by atoms with van der Waals surface area (Å²) in [5.74, 6) is -0.393. The van der Waals surface area contributed by atoms with Gasteiger partial charge in [0, 0.05) is 0 Å². The zero-order chi connectivity index (χ0) is 14.2. The molecule has 0 saturated heterocycles. The number of fused-ring (bicyclic) bond motifs is 1. The van der Waals surface area contributed by atoms with Crippen LogP contribution in [0.5, 0.6) is 0 Å². The molecule has 2 aromatic heterocycles. The van der Waals surface area contributed by atoms with E-state index in [1.54, 1.807) is 20.8 Å². The lowest BCUT2D eigenvalue weighted by atomic mass is 9.98. The van der Waals surface area contributed by atoms with E-state index in [1.165, 1.54) is 10.9 Å². The van der Waals surface area contributed by atoms with Crippen molar-refractivity contribution in [1.82, 2.24) is 19.5 Å². The van der Waals surface area contributed by atoms with Gasteiger partial charge < -0.3 is 4.74 Å². The topological polar surface area (TPSA) is 110 Å². The highest BCUT2D eigenvalue weighted by molar-refractivity contribution is 5.75. The van der Waals surface area contributed by atoms with Gasteiger partial charge in [0.05, 0.1) is 5.41 Å². The average molecular weight is 266 g/mol. The average Bonchev–Trinajstić information content (AvgIpc) is 2.67. The Hall–Kier alpha value is -2.38. The van der Waals surface area contributed by atoms with E-state index in [2.05, 4.69) is 15.0 Å². The molecule has 0 aliphatic heterocycles. The van der Waals surface area contributed by atoms with Gasteiger partial charge in [-0.1, -0.05) is 0 Å². The van der Waals surface area contributed by atoms with Crippen LogP contribution in [0.15, 0.2) is 15.9 Å². The molecule has 2 rings (SSSR count). The lowest BCUT2D eigenvalue weighted by Crippen LogP contribution is -2.26. The molecule has 0 fully saturated rings. The van der Waals surface area contributed by atoms with E-state index < -0.39 is 22.6 Å². The van der Waals surface area contributed by atoms with Crippen molar-refractivity contribution in [2.24, 2.45) is 5.41 Å². The van der Waals surface area contributed by atoms with Gasteiger partial charge in [0.25, 0.3) is 5.56 Å². The first-order chi connectivity index (χ1) is 8.79. The van der Waals surface area contributed by atoms with Crippen LogP contribution in [-0.2, 0) is 16.3 Å². The normalized spacial score (nSPS) is 11.7. The Labute approximate surface area is 107 Å². The summed E-state index contributed by atoms with van der Waals surface area (Å²) in [6, 6.07) is 0. The third kappa shape index (κ3) is 2.56. The molecule has 102 valence electrons. The van der Waals surface area contributed by atoms with Gasteiger partial charge in [0.15, 0.2) is 17.9 Å². The number of nitrogens with zero attached hydrogens (tertiary/aromatic N) is 2. The molecule has 2 aromatic rings. The minimum Gasteiger partial charge on any atom is -0.443 e.